The second-order valence-corrected chi connectivity index (χ2v) is 15.3. The highest BCUT2D eigenvalue weighted by Gasteiger charge is 2.40. The Balaban J connectivity index is 1.49. The lowest BCUT2D eigenvalue weighted by Gasteiger charge is -2.45. The molecule has 1 aliphatic heterocycles. The third kappa shape index (κ3) is 8.33. The Morgan fingerprint density at radius 3 is 2.52 bits per heavy atom. The van der Waals surface area contributed by atoms with Crippen molar-refractivity contribution in [2.45, 2.75) is 85.0 Å². The average Bonchev–Trinajstić information content (AvgIpc) is 2.92. The first-order valence-corrected chi connectivity index (χ1v) is 17.2. The molecule has 4 bridgehead atoms. The normalized spacial score (nSPS) is 23.8. The molecule has 8 heteroatoms. The van der Waals surface area contributed by atoms with Gasteiger partial charge in [-0.25, -0.2) is 4.98 Å². The summed E-state index contributed by atoms with van der Waals surface area (Å²) in [4.78, 5) is 21.6. The summed E-state index contributed by atoms with van der Waals surface area (Å²) in [7, 11) is 0. The summed E-state index contributed by atoms with van der Waals surface area (Å²) in [6.45, 7) is 14.0. The minimum atomic E-state index is -1.52. The minimum absolute atomic E-state index is 0.0429. The smallest absolute Gasteiger partial charge is 0.269 e. The fourth-order valence-electron chi connectivity index (χ4n) is 7.18. The number of nitrogens with zero attached hydrogens (tertiary/aromatic N) is 2. The fourth-order valence-corrected chi connectivity index (χ4v) is 8.01. The van der Waals surface area contributed by atoms with Crippen LogP contribution in [-0.4, -0.2) is 33.6 Å². The van der Waals surface area contributed by atoms with E-state index in [9.17, 15) is 9.35 Å². The lowest BCUT2D eigenvalue weighted by Crippen LogP contribution is -2.39. The molecule has 7 nitrogen and oxygen atoms in total. The van der Waals surface area contributed by atoms with Crippen molar-refractivity contribution in [1.82, 2.24) is 15.3 Å². The molecule has 44 heavy (non-hydrogen) atoms. The third-order valence-electron chi connectivity index (χ3n) is 9.23. The Bertz CT molecular complexity index is 1430. The molecule has 3 aromatic rings. The van der Waals surface area contributed by atoms with E-state index >= 15 is 0 Å². The summed E-state index contributed by atoms with van der Waals surface area (Å²) in [5.41, 5.74) is 5.38. The maximum atomic E-state index is 13.5. The molecule has 0 radical (unpaired) electrons. The zero-order chi connectivity index (χ0) is 31.4. The second kappa shape index (κ2) is 13.9. The van der Waals surface area contributed by atoms with Crippen LogP contribution in [0.2, 0.25) is 0 Å². The first-order valence-electron chi connectivity index (χ1n) is 16.1. The Morgan fingerprint density at radius 2 is 1.82 bits per heavy atom. The van der Waals surface area contributed by atoms with E-state index in [2.05, 4.69) is 75.0 Å². The first-order chi connectivity index (χ1) is 20.9. The van der Waals surface area contributed by atoms with Gasteiger partial charge in [0.05, 0.1) is 12.3 Å². The number of hydrogen-bond acceptors (Lipinski definition) is 6. The van der Waals surface area contributed by atoms with Crippen LogP contribution in [0.15, 0.2) is 53.4 Å². The van der Waals surface area contributed by atoms with E-state index in [1.165, 1.54) is 18.4 Å². The van der Waals surface area contributed by atoms with Gasteiger partial charge in [-0.3, -0.25) is 4.79 Å². The molecule has 1 aromatic heterocycles. The SMILES string of the molecule is CC(=O)NCC[C@H]1C[C@@H](C2CCc3cccc(c3)[S+]([O-])Nc3nc(cc(-c4c(C)cccc4C)n3)OC[C@H]2CC(C)(C)C)C1. The Morgan fingerprint density at radius 1 is 1.09 bits per heavy atom. The number of nitrogens with one attached hydrogen (secondary N) is 2. The van der Waals surface area contributed by atoms with Gasteiger partial charge in [0.15, 0.2) is 4.90 Å². The number of aryl methyl sites for hydroxylation is 3. The van der Waals surface area contributed by atoms with Gasteiger partial charge in [0.1, 0.15) is 11.4 Å². The lowest BCUT2D eigenvalue weighted by atomic mass is 9.61. The number of carbonyl (C=O) groups excluding carboxylic acids is 1. The average molecular weight is 617 g/mol. The van der Waals surface area contributed by atoms with Gasteiger partial charge >= 0.3 is 0 Å². The minimum Gasteiger partial charge on any atom is -0.588 e. The number of hydrogen-bond donors (Lipinski definition) is 2. The summed E-state index contributed by atoms with van der Waals surface area (Å²) in [5, 5.41) is 2.97. The highest BCUT2D eigenvalue weighted by atomic mass is 32.2. The fraction of sp³-hybridized carbons (Fsp3) is 0.528. The van der Waals surface area contributed by atoms with E-state index in [1.807, 2.05) is 18.2 Å². The molecule has 2 aliphatic rings. The second-order valence-electron chi connectivity index (χ2n) is 14.1. The molecule has 0 spiro atoms. The number of benzene rings is 2. The van der Waals surface area contributed by atoms with E-state index in [-0.39, 0.29) is 11.3 Å². The van der Waals surface area contributed by atoms with Gasteiger partial charge in [0.2, 0.25) is 11.8 Å². The number of amides is 1. The van der Waals surface area contributed by atoms with Crippen molar-refractivity contribution in [1.29, 1.82) is 0 Å². The predicted molar refractivity (Wildman–Crippen MR) is 178 cm³/mol. The monoisotopic (exact) mass is 616 g/mol. The number of rotatable bonds is 6. The molecule has 2 heterocycles. The molecule has 5 rings (SSSR count). The zero-order valence-corrected chi connectivity index (χ0v) is 27.9. The standard InChI is InChI=1S/C36H48N4O3S/c1-23-9-7-10-24(2)34(23)32-20-33-39-35(38-32)40-44(42)30-12-8-11-26(19-30)13-14-31(29(22-43-33)21-36(4,5)6)28-17-27(18-28)15-16-37-25(3)41/h7-12,19-20,27-29,31H,13-18,21-22H2,1-6H3,(H,37,41)(H,38,39,40)/t27-,28+,29-,31?,44?/m1/s1. The van der Waals surface area contributed by atoms with Crippen LogP contribution in [0, 0.1) is 42.9 Å². The van der Waals surface area contributed by atoms with Crippen LogP contribution >= 0.6 is 0 Å². The third-order valence-corrected chi connectivity index (χ3v) is 10.3. The van der Waals surface area contributed by atoms with Crippen molar-refractivity contribution in [3.05, 3.63) is 65.2 Å². The van der Waals surface area contributed by atoms with E-state index in [0.29, 0.717) is 47.0 Å². The molecule has 1 saturated carbocycles. The molecule has 2 aromatic carbocycles. The Labute approximate surface area is 266 Å². The highest BCUT2D eigenvalue weighted by molar-refractivity contribution is 7.92. The van der Waals surface area contributed by atoms with E-state index in [1.54, 1.807) is 6.92 Å². The first kappa shape index (κ1) is 32.3. The van der Waals surface area contributed by atoms with Crippen molar-refractivity contribution < 1.29 is 14.1 Å². The molecule has 1 amide bonds. The zero-order valence-electron chi connectivity index (χ0n) is 27.1. The van der Waals surface area contributed by atoms with E-state index < -0.39 is 11.4 Å². The molecular weight excluding hydrogens is 568 g/mol. The van der Waals surface area contributed by atoms with Crippen LogP contribution in [0.25, 0.3) is 11.3 Å². The van der Waals surface area contributed by atoms with Gasteiger partial charge in [0, 0.05) is 25.1 Å². The maximum absolute atomic E-state index is 13.5. The summed E-state index contributed by atoms with van der Waals surface area (Å²) < 4.78 is 23.2. The van der Waals surface area contributed by atoms with Crippen LogP contribution < -0.4 is 14.8 Å². The van der Waals surface area contributed by atoms with Crippen LogP contribution in [0.5, 0.6) is 5.88 Å². The van der Waals surface area contributed by atoms with Crippen molar-refractivity contribution >= 4 is 23.2 Å². The van der Waals surface area contributed by atoms with E-state index in [0.717, 1.165) is 54.6 Å². The van der Waals surface area contributed by atoms with Crippen LogP contribution in [0.3, 0.4) is 0 Å². The van der Waals surface area contributed by atoms with E-state index in [4.69, 9.17) is 14.7 Å². The molecule has 3 atom stereocenters. The quantitative estimate of drug-likeness (QED) is 0.279. The van der Waals surface area contributed by atoms with Gasteiger partial charge in [-0.2, -0.15) is 9.71 Å². The number of anilines is 1. The summed E-state index contributed by atoms with van der Waals surface area (Å²) >= 11 is -1.52. The number of fused-ring (bicyclic) bond motifs is 4. The molecule has 1 aliphatic carbocycles. The molecule has 1 fully saturated rings. The predicted octanol–water partition coefficient (Wildman–Crippen LogP) is 7.44. The van der Waals surface area contributed by atoms with Crippen LogP contribution in [0.4, 0.5) is 5.95 Å². The molecule has 0 saturated heterocycles. The number of aromatic nitrogens is 2. The van der Waals surface area contributed by atoms with Gasteiger partial charge in [-0.15, -0.1) is 0 Å². The van der Waals surface area contributed by atoms with Crippen LogP contribution in [0.1, 0.15) is 76.5 Å². The van der Waals surface area contributed by atoms with Crippen molar-refractivity contribution in [3.63, 3.8) is 0 Å². The van der Waals surface area contributed by atoms with Gasteiger partial charge in [-0.1, -0.05) is 51.1 Å². The highest BCUT2D eigenvalue weighted by Crippen LogP contribution is 2.47. The topological polar surface area (TPSA) is 99.2 Å². The summed E-state index contributed by atoms with van der Waals surface area (Å²) in [6, 6.07) is 16.3. The van der Waals surface area contributed by atoms with Crippen molar-refractivity contribution in [2.75, 3.05) is 17.9 Å². The van der Waals surface area contributed by atoms with Gasteiger partial charge in [0.25, 0.3) is 5.95 Å². The molecular formula is C36H48N4O3S. The Hall–Kier alpha value is -3.10. The lowest BCUT2D eigenvalue weighted by molar-refractivity contribution is -0.119. The molecule has 2 unspecified atom stereocenters. The van der Waals surface area contributed by atoms with Gasteiger partial charge < -0.3 is 14.6 Å². The van der Waals surface area contributed by atoms with Crippen molar-refractivity contribution in [2.24, 2.45) is 29.1 Å². The maximum Gasteiger partial charge on any atom is 0.269 e. The number of carbonyl (C=O) groups is 1. The molecule has 236 valence electrons. The van der Waals surface area contributed by atoms with Crippen molar-refractivity contribution in [3.8, 4) is 17.1 Å². The number of ether oxygens (including phenoxy) is 1. The van der Waals surface area contributed by atoms with Gasteiger partial charge in [-0.05, 0) is 110 Å². The van der Waals surface area contributed by atoms with Crippen LogP contribution in [-0.2, 0) is 22.6 Å². The largest absolute Gasteiger partial charge is 0.588 e. The Kier molecular flexibility index (Phi) is 10.2. The summed E-state index contributed by atoms with van der Waals surface area (Å²) in [6.07, 6.45) is 6.45. The summed E-state index contributed by atoms with van der Waals surface area (Å²) in [5.74, 6) is 2.95. The molecule has 2 N–H and O–H groups in total.